The monoisotopic (exact) mass is 1080 g/mol. The van der Waals surface area contributed by atoms with Gasteiger partial charge in [0.05, 0.1) is 263 Å². The molecule has 0 radical (unpaired) electrons. The second-order valence-corrected chi connectivity index (χ2v) is 16.3. The molecule has 0 amide bonds. The zero-order valence-electron chi connectivity index (χ0n) is 43.3. The molecule has 1 aromatic rings. The van der Waals surface area contributed by atoms with E-state index in [1.165, 1.54) is 12.1 Å². The van der Waals surface area contributed by atoms with Gasteiger partial charge in [-0.2, -0.15) is 8.42 Å². The minimum absolute atomic E-state index is 0.0682. The van der Waals surface area contributed by atoms with E-state index >= 15 is 0 Å². The summed E-state index contributed by atoms with van der Waals surface area (Å²) in [5.41, 5.74) is 9.13. The second-order valence-electron chi connectivity index (χ2n) is 14.7. The van der Waals surface area contributed by atoms with E-state index in [1.54, 1.807) is 12.1 Å². The smallest absolute Gasteiger partial charge is 0.297 e. The third-order valence-electron chi connectivity index (χ3n) is 8.87. The van der Waals surface area contributed by atoms with E-state index in [0.29, 0.717) is 251 Å². The van der Waals surface area contributed by atoms with Crippen molar-refractivity contribution >= 4 is 10.1 Å². The Morgan fingerprint density at radius 2 is 0.493 bits per heavy atom. The lowest BCUT2D eigenvalue weighted by molar-refractivity contribution is -0.0312. The van der Waals surface area contributed by atoms with E-state index in [2.05, 4.69) is 10.0 Å². The van der Waals surface area contributed by atoms with Gasteiger partial charge in [0, 0.05) is 11.5 Å². The minimum atomic E-state index is -3.79. The average molecular weight is 1080 g/mol. The summed E-state index contributed by atoms with van der Waals surface area (Å²) in [5.74, 6) is 0. The van der Waals surface area contributed by atoms with Gasteiger partial charge in [0.1, 0.15) is 0 Å². The van der Waals surface area contributed by atoms with Crippen LogP contribution in [0.15, 0.2) is 34.3 Å². The van der Waals surface area contributed by atoms with E-state index < -0.39 is 10.1 Å². The van der Waals surface area contributed by atoms with Crippen molar-refractivity contribution in [1.29, 1.82) is 0 Å². The highest BCUT2D eigenvalue weighted by Gasteiger charge is 2.14. The molecule has 0 aliphatic rings. The van der Waals surface area contributed by atoms with Crippen LogP contribution in [-0.4, -0.2) is 273 Å². The highest BCUT2D eigenvalue weighted by atomic mass is 32.2. The molecule has 0 saturated heterocycles. The van der Waals surface area contributed by atoms with Crippen LogP contribution in [-0.2, 0) is 104 Å². The van der Waals surface area contributed by atoms with Crippen molar-refractivity contribution in [2.24, 2.45) is 5.11 Å². The van der Waals surface area contributed by atoms with E-state index in [9.17, 15) is 8.42 Å². The van der Waals surface area contributed by atoms with Crippen LogP contribution in [0.2, 0.25) is 0 Å². The van der Waals surface area contributed by atoms with Crippen LogP contribution >= 0.6 is 0 Å². The number of rotatable bonds is 62. The molecule has 25 nitrogen and oxygen atoms in total. The van der Waals surface area contributed by atoms with Crippen LogP contribution in [0.25, 0.3) is 10.4 Å². The summed E-state index contributed by atoms with van der Waals surface area (Å²) in [6, 6.07) is 6.47. The predicted molar refractivity (Wildman–Crippen MR) is 264 cm³/mol. The van der Waals surface area contributed by atoms with Crippen molar-refractivity contribution in [1.82, 2.24) is 0 Å². The Labute approximate surface area is 433 Å². The first-order valence-corrected chi connectivity index (χ1v) is 26.4. The Kier molecular flexibility index (Phi) is 54.0. The van der Waals surface area contributed by atoms with Gasteiger partial charge in [0.15, 0.2) is 0 Å². The van der Waals surface area contributed by atoms with Gasteiger partial charge in [-0.1, -0.05) is 22.8 Å². The first-order chi connectivity index (χ1) is 36.1. The second kappa shape index (κ2) is 57.4. The fourth-order valence-corrected chi connectivity index (χ4v) is 6.08. The molecule has 0 aliphatic heterocycles. The first-order valence-electron chi connectivity index (χ1n) is 25.0. The molecule has 0 N–H and O–H groups in total. The summed E-state index contributed by atoms with van der Waals surface area (Å²) in [6.45, 7) is 19.3. The molecule has 428 valence electrons. The van der Waals surface area contributed by atoms with Crippen LogP contribution in [0.4, 0.5) is 0 Å². The lowest BCUT2D eigenvalue weighted by Crippen LogP contribution is -2.16. The molecular formula is C47H87N3O22S. The van der Waals surface area contributed by atoms with Gasteiger partial charge in [0.2, 0.25) is 0 Å². The Morgan fingerprint density at radius 1 is 0.315 bits per heavy atom. The summed E-state index contributed by atoms with van der Waals surface area (Å²) < 4.78 is 133. The molecular weight excluding hydrogens is 991 g/mol. The molecule has 0 aromatic heterocycles. The van der Waals surface area contributed by atoms with Crippen LogP contribution in [0.1, 0.15) is 5.56 Å². The number of azide groups is 1. The van der Waals surface area contributed by atoms with Crippen molar-refractivity contribution < 1.29 is 103 Å². The third kappa shape index (κ3) is 52.9. The average Bonchev–Trinajstić information content (AvgIpc) is 3.39. The molecule has 1 rings (SSSR count). The Morgan fingerprint density at radius 3 is 0.685 bits per heavy atom. The fourth-order valence-electron chi connectivity index (χ4n) is 5.19. The zero-order valence-corrected chi connectivity index (χ0v) is 44.1. The minimum Gasteiger partial charge on any atom is -0.379 e. The van der Waals surface area contributed by atoms with Crippen molar-refractivity contribution in [3.8, 4) is 0 Å². The van der Waals surface area contributed by atoms with Gasteiger partial charge in [-0.25, -0.2) is 0 Å². The third-order valence-corrected chi connectivity index (χ3v) is 10.2. The Bertz CT molecular complexity index is 1420. The molecule has 0 saturated carbocycles. The highest BCUT2D eigenvalue weighted by molar-refractivity contribution is 7.86. The topological polar surface area (TPSA) is 267 Å². The van der Waals surface area contributed by atoms with E-state index in [0.717, 1.165) is 5.56 Å². The predicted octanol–water partition coefficient (Wildman–Crippen LogP) is 2.33. The van der Waals surface area contributed by atoms with Crippen molar-refractivity contribution in [3.05, 3.63) is 40.3 Å². The molecule has 0 heterocycles. The number of aryl methyl sites for hydroxylation is 1. The maximum Gasteiger partial charge on any atom is 0.297 e. The van der Waals surface area contributed by atoms with Gasteiger partial charge in [-0.15, -0.1) is 0 Å². The van der Waals surface area contributed by atoms with E-state index in [4.69, 9.17) is 99.7 Å². The number of hydrogen-bond acceptors (Lipinski definition) is 23. The molecule has 0 unspecified atom stereocenters. The van der Waals surface area contributed by atoms with Crippen molar-refractivity contribution in [2.75, 3.05) is 264 Å². The van der Waals surface area contributed by atoms with Gasteiger partial charge in [-0.05, 0) is 24.6 Å². The molecule has 0 bridgehead atoms. The van der Waals surface area contributed by atoms with Gasteiger partial charge < -0.3 is 90.0 Å². The van der Waals surface area contributed by atoms with Crippen LogP contribution in [0.5, 0.6) is 0 Å². The summed E-state index contributed by atoms with van der Waals surface area (Å²) >= 11 is 0. The van der Waals surface area contributed by atoms with Gasteiger partial charge in [-0.3, -0.25) is 4.18 Å². The number of hydrogen-bond donors (Lipinski definition) is 0. The molecule has 0 fully saturated rings. The normalized spacial score (nSPS) is 11.7. The molecule has 0 aliphatic carbocycles. The maximum absolute atomic E-state index is 12.1. The fraction of sp³-hybridized carbons (Fsp3) is 0.872. The molecule has 0 atom stereocenters. The van der Waals surface area contributed by atoms with Crippen LogP contribution in [0.3, 0.4) is 0 Å². The number of ether oxygens (including phenoxy) is 19. The highest BCUT2D eigenvalue weighted by Crippen LogP contribution is 2.13. The molecule has 26 heteroatoms. The van der Waals surface area contributed by atoms with E-state index in [-0.39, 0.29) is 18.1 Å². The standard InChI is InChI=1S/C47H87N3O22S/c1-46-2-4-47(5-3-46)73(51,52)72-45-44-71-43-42-70-41-40-69-39-38-68-37-36-67-35-34-66-33-32-65-31-30-64-29-28-63-27-26-62-25-24-61-23-22-60-21-20-59-19-18-58-17-16-57-15-14-56-13-12-55-11-10-54-9-8-53-7-6-49-50-48/h2-5H,6-45H2,1H3. The first kappa shape index (κ1) is 68.7. The SMILES string of the molecule is Cc1ccc(S(=O)(=O)OCCOCCOCCOCCOCCOCCOCCOCCOCCOCCOCCOCCOCCOCCOCCOCCOCCOCCOCCOCCN=[N+]=[N-])cc1. The van der Waals surface area contributed by atoms with E-state index in [1.807, 2.05) is 6.92 Å². The largest absolute Gasteiger partial charge is 0.379 e. The maximum atomic E-state index is 12.1. The summed E-state index contributed by atoms with van der Waals surface area (Å²) in [4.78, 5) is 2.77. The molecule has 73 heavy (non-hydrogen) atoms. The van der Waals surface area contributed by atoms with Crippen LogP contribution in [0, 0.1) is 6.92 Å². The van der Waals surface area contributed by atoms with Crippen molar-refractivity contribution in [3.63, 3.8) is 0 Å². The lowest BCUT2D eigenvalue weighted by Gasteiger charge is -2.09. The molecule has 0 spiro atoms. The Hall–Kier alpha value is -2.32. The number of benzene rings is 1. The number of nitrogens with zero attached hydrogens (tertiary/aromatic N) is 3. The van der Waals surface area contributed by atoms with Crippen molar-refractivity contribution in [2.45, 2.75) is 11.8 Å². The molecule has 1 aromatic carbocycles. The Balaban J connectivity index is 1.61. The quantitative estimate of drug-likeness (QED) is 0.0298. The summed E-state index contributed by atoms with van der Waals surface area (Å²) in [6.07, 6.45) is 0. The van der Waals surface area contributed by atoms with Gasteiger partial charge >= 0.3 is 0 Å². The summed E-state index contributed by atoms with van der Waals surface area (Å²) in [5, 5.41) is 3.38. The van der Waals surface area contributed by atoms with Gasteiger partial charge in [0.25, 0.3) is 10.1 Å². The van der Waals surface area contributed by atoms with Crippen LogP contribution < -0.4 is 0 Å². The summed E-state index contributed by atoms with van der Waals surface area (Å²) in [7, 11) is -3.79. The lowest BCUT2D eigenvalue weighted by atomic mass is 10.2. The zero-order chi connectivity index (χ0) is 52.3.